The van der Waals surface area contributed by atoms with Crippen LogP contribution >= 0.6 is 0 Å². The van der Waals surface area contributed by atoms with Crippen molar-refractivity contribution in [3.8, 4) is 0 Å². The summed E-state index contributed by atoms with van der Waals surface area (Å²) in [7, 11) is 6.80. The average molecular weight is 751 g/mol. The van der Waals surface area contributed by atoms with E-state index in [0.717, 1.165) is 55.5 Å². The van der Waals surface area contributed by atoms with Crippen LogP contribution in [0.3, 0.4) is 0 Å². The summed E-state index contributed by atoms with van der Waals surface area (Å²) in [5, 5.41) is 37.6. The summed E-state index contributed by atoms with van der Waals surface area (Å²) >= 11 is 0. The number of hydrogen-bond acceptors (Lipinski definition) is 9. The SMILES string of the molecule is C/C=C1/CN(C)[C@H]2Cc3c(n([C@@H]4C[C@H]5/C(=C\C)CN(C)[C@@H](Cc6c4[nH]c4ccccc64)[C@@]5(CO)C(=O)OC)c4ccccc34)[C@H](O)C[C@@H]1[C@]2(CO)C(=O)OC. The number of benzene rings is 2. The van der Waals surface area contributed by atoms with E-state index in [2.05, 4.69) is 49.7 Å². The van der Waals surface area contributed by atoms with Gasteiger partial charge in [-0.3, -0.25) is 19.4 Å². The first-order valence-electron chi connectivity index (χ1n) is 19.5. The molecule has 4 aliphatic rings. The number of piperidine rings is 2. The predicted octanol–water partition coefficient (Wildman–Crippen LogP) is 4.69. The fourth-order valence-electron chi connectivity index (χ4n) is 11.7. The fourth-order valence-corrected chi connectivity index (χ4v) is 11.7. The molecule has 292 valence electrons. The first kappa shape index (κ1) is 37.7. The van der Waals surface area contributed by atoms with Crippen LogP contribution in [0.1, 0.15) is 61.3 Å². The number of methoxy groups -OCH3 is 2. The van der Waals surface area contributed by atoms with E-state index in [9.17, 15) is 24.9 Å². The molecule has 11 heteroatoms. The van der Waals surface area contributed by atoms with Gasteiger partial charge in [-0.05, 0) is 76.9 Å². The molecule has 11 nitrogen and oxygen atoms in total. The Labute approximate surface area is 322 Å². The second-order valence-corrected chi connectivity index (χ2v) is 16.3. The molecule has 55 heavy (non-hydrogen) atoms. The van der Waals surface area contributed by atoms with E-state index < -0.39 is 53.5 Å². The van der Waals surface area contributed by atoms with Crippen LogP contribution in [-0.4, -0.2) is 113 Å². The highest BCUT2D eigenvalue weighted by atomic mass is 16.5. The monoisotopic (exact) mass is 750 g/mol. The van der Waals surface area contributed by atoms with Gasteiger partial charge in [-0.2, -0.15) is 0 Å². The second kappa shape index (κ2) is 14.0. The van der Waals surface area contributed by atoms with Gasteiger partial charge in [-0.1, -0.05) is 59.7 Å². The number of esters is 2. The number of fused-ring (bicyclic) bond motifs is 10. The molecule has 8 atom stereocenters. The normalized spacial score (nSPS) is 32.7. The van der Waals surface area contributed by atoms with Gasteiger partial charge in [-0.15, -0.1) is 0 Å². The summed E-state index contributed by atoms with van der Waals surface area (Å²) in [6, 6.07) is 15.3. The van der Waals surface area contributed by atoms with Gasteiger partial charge in [0.15, 0.2) is 0 Å². The van der Waals surface area contributed by atoms with Gasteiger partial charge in [0, 0.05) is 64.5 Å². The highest BCUT2D eigenvalue weighted by Crippen LogP contribution is 2.56. The minimum Gasteiger partial charge on any atom is -0.468 e. The van der Waals surface area contributed by atoms with Crippen molar-refractivity contribution in [2.75, 3.05) is 54.6 Å². The van der Waals surface area contributed by atoms with Gasteiger partial charge >= 0.3 is 11.9 Å². The smallest absolute Gasteiger partial charge is 0.316 e. The van der Waals surface area contributed by atoms with Crippen LogP contribution in [0.25, 0.3) is 21.8 Å². The molecule has 2 aliphatic heterocycles. The number of para-hydroxylation sites is 2. The van der Waals surface area contributed by atoms with Crippen molar-refractivity contribution >= 4 is 33.7 Å². The van der Waals surface area contributed by atoms with E-state index >= 15 is 0 Å². The number of hydrogen-bond donors (Lipinski definition) is 4. The lowest BCUT2D eigenvalue weighted by molar-refractivity contribution is -0.171. The van der Waals surface area contributed by atoms with Gasteiger partial charge < -0.3 is 34.3 Å². The number of aromatic amines is 1. The summed E-state index contributed by atoms with van der Waals surface area (Å²) in [5.41, 5.74) is 5.19. The highest BCUT2D eigenvalue weighted by molar-refractivity contribution is 5.89. The molecule has 2 saturated heterocycles. The topological polar surface area (TPSA) is 140 Å². The van der Waals surface area contributed by atoms with Crippen molar-refractivity contribution in [1.29, 1.82) is 0 Å². The quantitative estimate of drug-likeness (QED) is 0.169. The van der Waals surface area contributed by atoms with Crippen molar-refractivity contribution in [3.63, 3.8) is 0 Å². The summed E-state index contributed by atoms with van der Waals surface area (Å²) < 4.78 is 13.4. The fraction of sp³-hybridized carbons (Fsp3) is 0.500. The van der Waals surface area contributed by atoms with Crippen LogP contribution in [0.5, 0.6) is 0 Å². The molecule has 2 aliphatic carbocycles. The van der Waals surface area contributed by atoms with Crippen LogP contribution in [0.15, 0.2) is 71.8 Å². The van der Waals surface area contributed by atoms with Crippen molar-refractivity contribution in [2.24, 2.45) is 22.7 Å². The third-order valence-corrected chi connectivity index (χ3v) is 14.2. The number of nitrogens with zero attached hydrogens (tertiary/aromatic N) is 3. The van der Waals surface area contributed by atoms with Crippen LogP contribution < -0.4 is 0 Å². The minimum absolute atomic E-state index is 0.203. The summed E-state index contributed by atoms with van der Waals surface area (Å²) in [6.07, 6.45) is 4.62. The van der Waals surface area contributed by atoms with Crippen molar-refractivity contribution in [3.05, 3.63) is 94.3 Å². The van der Waals surface area contributed by atoms with E-state index in [4.69, 9.17) is 9.47 Å². The van der Waals surface area contributed by atoms with Crippen LogP contribution in [0.4, 0.5) is 0 Å². The maximum atomic E-state index is 14.3. The third-order valence-electron chi connectivity index (χ3n) is 14.2. The maximum Gasteiger partial charge on any atom is 0.316 e. The largest absolute Gasteiger partial charge is 0.468 e. The van der Waals surface area contributed by atoms with Crippen LogP contribution in [0.2, 0.25) is 0 Å². The van der Waals surface area contributed by atoms with Crippen molar-refractivity contribution in [2.45, 2.75) is 63.8 Å². The maximum absolute atomic E-state index is 14.3. The number of likely N-dealkylation sites (N-methyl/N-ethyl adjacent to an activating group) is 2. The Kier molecular flexibility index (Phi) is 9.61. The number of H-pyrrole nitrogens is 1. The third kappa shape index (κ3) is 5.19. The number of nitrogens with one attached hydrogen (secondary N) is 1. The molecule has 4 heterocycles. The Morgan fingerprint density at radius 2 is 1.33 bits per heavy atom. The van der Waals surface area contributed by atoms with Crippen LogP contribution in [0, 0.1) is 22.7 Å². The molecule has 2 aromatic heterocycles. The van der Waals surface area contributed by atoms with Gasteiger partial charge in [0.2, 0.25) is 0 Å². The predicted molar refractivity (Wildman–Crippen MR) is 210 cm³/mol. The standard InChI is InChI=1S/C44H54N4O7/c1-7-25-21-46(3)37-17-29-27-13-9-11-15-33(27)45-39(29)35(19-31(25)43(37,23-49)41(52)54-5)48-34-16-12-10-14-28(34)30-18-38-44(24-50,42(53)55-6)32(20-36(51)40(30)48)26(8-2)22-47(38)4/h7-16,31-32,35-38,45,49-51H,17-24H2,1-6H3/b25-7-,26-8-/t31-,32-,35+,36+,37-,38-,43-,44-/m0/s1. The number of rotatable bonds is 5. The number of allylic oxidation sites excluding steroid dienone is 2. The van der Waals surface area contributed by atoms with E-state index in [1.807, 2.05) is 58.3 Å². The van der Waals surface area contributed by atoms with Crippen molar-refractivity contribution in [1.82, 2.24) is 19.4 Å². The Morgan fingerprint density at radius 1 is 0.800 bits per heavy atom. The molecule has 0 unspecified atom stereocenters. The van der Waals surface area contributed by atoms with Gasteiger partial charge in [0.25, 0.3) is 0 Å². The number of carbonyl (C=O) groups is 2. The van der Waals surface area contributed by atoms with E-state index in [1.54, 1.807) is 0 Å². The molecule has 8 rings (SSSR count). The highest BCUT2D eigenvalue weighted by Gasteiger charge is 2.61. The first-order valence-corrected chi connectivity index (χ1v) is 19.5. The molecule has 4 bridgehead atoms. The summed E-state index contributed by atoms with van der Waals surface area (Å²) in [5.74, 6) is -1.76. The minimum atomic E-state index is -1.29. The summed E-state index contributed by atoms with van der Waals surface area (Å²) in [4.78, 5) is 36.5. The molecular formula is C44H54N4O7. The van der Waals surface area contributed by atoms with E-state index in [1.165, 1.54) is 14.2 Å². The molecule has 0 radical (unpaired) electrons. The lowest BCUT2D eigenvalue weighted by Crippen LogP contribution is -2.64. The molecule has 4 aromatic rings. The number of aliphatic hydroxyl groups excluding tert-OH is 3. The number of aliphatic hydroxyl groups is 3. The zero-order valence-electron chi connectivity index (χ0n) is 32.7. The molecule has 0 saturated carbocycles. The zero-order valence-corrected chi connectivity index (χ0v) is 32.7. The number of carbonyl (C=O) groups excluding carboxylic acids is 2. The van der Waals surface area contributed by atoms with Gasteiger partial charge in [0.05, 0.1) is 45.3 Å². The lowest BCUT2D eigenvalue weighted by Gasteiger charge is -2.54. The van der Waals surface area contributed by atoms with E-state index in [-0.39, 0.29) is 25.0 Å². The Morgan fingerprint density at radius 3 is 1.89 bits per heavy atom. The molecule has 2 fully saturated rings. The second-order valence-electron chi connectivity index (χ2n) is 16.3. The molecule has 2 aromatic carbocycles. The first-order chi connectivity index (χ1) is 26.6. The summed E-state index contributed by atoms with van der Waals surface area (Å²) in [6.45, 7) is 4.39. The Bertz CT molecular complexity index is 2220. The van der Waals surface area contributed by atoms with Gasteiger partial charge in [0.1, 0.15) is 10.8 Å². The molecule has 0 amide bonds. The number of likely N-dealkylation sites (tertiary alicyclic amines) is 2. The molecule has 0 spiro atoms. The van der Waals surface area contributed by atoms with Crippen molar-refractivity contribution < 1.29 is 34.4 Å². The molecular weight excluding hydrogens is 697 g/mol. The van der Waals surface area contributed by atoms with Gasteiger partial charge in [-0.25, -0.2) is 0 Å². The number of aromatic nitrogens is 2. The Hall–Kier alpha value is -4.26. The zero-order chi connectivity index (χ0) is 39.0. The number of ether oxygens (including phenoxy) is 2. The average Bonchev–Trinajstić information content (AvgIpc) is 3.72. The molecule has 4 N–H and O–H groups in total. The lowest BCUT2D eigenvalue weighted by atomic mass is 9.59. The van der Waals surface area contributed by atoms with E-state index in [0.29, 0.717) is 32.4 Å². The Balaban J connectivity index is 1.45. The van der Waals surface area contributed by atoms with Crippen LogP contribution in [-0.2, 0) is 31.9 Å².